The van der Waals surface area contributed by atoms with Gasteiger partial charge in [0, 0.05) is 19.2 Å². The summed E-state index contributed by atoms with van der Waals surface area (Å²) in [6.45, 7) is 7.24. The highest BCUT2D eigenvalue weighted by molar-refractivity contribution is 4.85. The number of methoxy groups -OCH3 is 1. The van der Waals surface area contributed by atoms with Crippen LogP contribution in [0, 0.1) is 0 Å². The highest BCUT2D eigenvalue weighted by Crippen LogP contribution is 2.13. The minimum Gasteiger partial charge on any atom is -0.394 e. The van der Waals surface area contributed by atoms with Crippen molar-refractivity contribution in [1.29, 1.82) is 0 Å². The van der Waals surface area contributed by atoms with Gasteiger partial charge in [-0.05, 0) is 19.8 Å². The van der Waals surface area contributed by atoms with Crippen LogP contribution in [-0.2, 0) is 9.47 Å². The largest absolute Gasteiger partial charge is 0.394 e. The number of rotatable bonds is 11. The van der Waals surface area contributed by atoms with Gasteiger partial charge in [-0.15, -0.1) is 0 Å². The van der Waals surface area contributed by atoms with Crippen molar-refractivity contribution in [3.63, 3.8) is 0 Å². The van der Waals surface area contributed by atoms with Gasteiger partial charge in [0.05, 0.1) is 32.0 Å². The first-order chi connectivity index (χ1) is 8.53. The molecule has 2 atom stereocenters. The molecule has 0 saturated heterocycles. The Labute approximate surface area is 110 Å². The standard InChI is InChI=1S/C13H29NO4/c1-5-13(6-2,10-15)14-7-12(16)9-18-11(3)8-17-4/h11-12,14-16H,5-10H2,1-4H3. The molecular formula is C13H29NO4. The van der Waals surface area contributed by atoms with Gasteiger partial charge in [-0.1, -0.05) is 13.8 Å². The average Bonchev–Trinajstić information content (AvgIpc) is 2.39. The summed E-state index contributed by atoms with van der Waals surface area (Å²) in [6.07, 6.45) is 1.05. The molecule has 0 aromatic carbocycles. The summed E-state index contributed by atoms with van der Waals surface area (Å²) in [5.74, 6) is 0. The fourth-order valence-electron chi connectivity index (χ4n) is 1.73. The molecular weight excluding hydrogens is 234 g/mol. The molecule has 0 radical (unpaired) electrons. The second-order valence-corrected chi connectivity index (χ2v) is 4.78. The maximum atomic E-state index is 9.81. The molecule has 0 heterocycles. The zero-order valence-corrected chi connectivity index (χ0v) is 12.1. The molecule has 110 valence electrons. The Morgan fingerprint density at radius 2 is 1.83 bits per heavy atom. The summed E-state index contributed by atoms with van der Waals surface area (Å²) in [5, 5.41) is 22.4. The highest BCUT2D eigenvalue weighted by Gasteiger charge is 2.25. The molecule has 3 N–H and O–H groups in total. The molecule has 0 aromatic rings. The van der Waals surface area contributed by atoms with Crippen LogP contribution in [0.2, 0.25) is 0 Å². The SMILES string of the molecule is CCC(CC)(CO)NCC(O)COC(C)COC. The predicted molar refractivity (Wildman–Crippen MR) is 71.7 cm³/mol. The first-order valence-corrected chi connectivity index (χ1v) is 6.68. The van der Waals surface area contributed by atoms with Crippen molar-refractivity contribution in [1.82, 2.24) is 5.32 Å². The third-order valence-corrected chi connectivity index (χ3v) is 3.34. The number of hydrogen-bond acceptors (Lipinski definition) is 5. The van der Waals surface area contributed by atoms with E-state index in [9.17, 15) is 10.2 Å². The maximum Gasteiger partial charge on any atom is 0.0898 e. The van der Waals surface area contributed by atoms with Crippen molar-refractivity contribution in [2.75, 3.05) is 33.5 Å². The zero-order valence-electron chi connectivity index (χ0n) is 12.1. The van der Waals surface area contributed by atoms with E-state index < -0.39 is 6.10 Å². The molecule has 5 heteroatoms. The lowest BCUT2D eigenvalue weighted by Gasteiger charge is -2.32. The molecule has 0 fully saturated rings. The fourth-order valence-corrected chi connectivity index (χ4v) is 1.73. The fraction of sp³-hybridized carbons (Fsp3) is 1.00. The van der Waals surface area contributed by atoms with E-state index in [1.807, 2.05) is 20.8 Å². The number of nitrogens with one attached hydrogen (secondary N) is 1. The monoisotopic (exact) mass is 263 g/mol. The Hall–Kier alpha value is -0.200. The van der Waals surface area contributed by atoms with Gasteiger partial charge >= 0.3 is 0 Å². The summed E-state index contributed by atoms with van der Waals surface area (Å²) >= 11 is 0. The topological polar surface area (TPSA) is 71.0 Å². The Balaban J connectivity index is 3.90. The van der Waals surface area contributed by atoms with Gasteiger partial charge in [0.2, 0.25) is 0 Å². The minimum atomic E-state index is -0.576. The van der Waals surface area contributed by atoms with E-state index in [2.05, 4.69) is 5.32 Å². The van der Waals surface area contributed by atoms with Crippen LogP contribution in [0.15, 0.2) is 0 Å². The lowest BCUT2D eigenvalue weighted by molar-refractivity contribution is -0.0337. The third-order valence-electron chi connectivity index (χ3n) is 3.34. The molecule has 0 rings (SSSR count). The molecule has 2 unspecified atom stereocenters. The van der Waals surface area contributed by atoms with Crippen LogP contribution in [-0.4, -0.2) is 61.4 Å². The Morgan fingerprint density at radius 3 is 2.28 bits per heavy atom. The second kappa shape index (κ2) is 9.69. The number of aliphatic hydroxyl groups is 2. The molecule has 0 aliphatic rings. The molecule has 0 amide bonds. The second-order valence-electron chi connectivity index (χ2n) is 4.78. The minimum absolute atomic E-state index is 0.0235. The lowest BCUT2D eigenvalue weighted by Crippen LogP contribution is -2.50. The van der Waals surface area contributed by atoms with Crippen LogP contribution in [0.5, 0.6) is 0 Å². The Bertz CT molecular complexity index is 189. The number of β-amino-alcohol motifs (C(OH)–C–C–N with tert-alkyl or cyclic N) is 1. The zero-order chi connectivity index (χ0) is 14.0. The van der Waals surface area contributed by atoms with E-state index in [1.165, 1.54) is 0 Å². The molecule has 5 nitrogen and oxygen atoms in total. The van der Waals surface area contributed by atoms with Crippen LogP contribution < -0.4 is 5.32 Å². The van der Waals surface area contributed by atoms with Crippen LogP contribution in [0.4, 0.5) is 0 Å². The van der Waals surface area contributed by atoms with Crippen LogP contribution >= 0.6 is 0 Å². The smallest absolute Gasteiger partial charge is 0.0898 e. The van der Waals surface area contributed by atoms with Crippen molar-refractivity contribution in [3.05, 3.63) is 0 Å². The van der Waals surface area contributed by atoms with E-state index >= 15 is 0 Å². The Kier molecular flexibility index (Phi) is 9.59. The summed E-state index contributed by atoms with van der Waals surface area (Å²) in [5.41, 5.74) is -0.293. The van der Waals surface area contributed by atoms with E-state index in [1.54, 1.807) is 7.11 Å². The predicted octanol–water partition coefficient (Wildman–Crippen LogP) is 0.540. The maximum absolute atomic E-state index is 9.81. The number of aliphatic hydroxyl groups excluding tert-OH is 2. The first-order valence-electron chi connectivity index (χ1n) is 6.68. The average molecular weight is 263 g/mol. The van der Waals surface area contributed by atoms with E-state index in [0.29, 0.717) is 13.2 Å². The molecule has 0 aromatic heterocycles. The molecule has 18 heavy (non-hydrogen) atoms. The van der Waals surface area contributed by atoms with Gasteiger partial charge in [-0.25, -0.2) is 0 Å². The summed E-state index contributed by atoms with van der Waals surface area (Å²) < 4.78 is 10.4. The van der Waals surface area contributed by atoms with Crippen molar-refractivity contribution in [2.24, 2.45) is 0 Å². The summed E-state index contributed by atoms with van der Waals surface area (Å²) in [4.78, 5) is 0. The lowest BCUT2D eigenvalue weighted by atomic mass is 9.94. The van der Waals surface area contributed by atoms with E-state index in [-0.39, 0.29) is 24.9 Å². The van der Waals surface area contributed by atoms with Gasteiger partial charge in [0.1, 0.15) is 0 Å². The van der Waals surface area contributed by atoms with Crippen molar-refractivity contribution in [2.45, 2.75) is 51.4 Å². The van der Waals surface area contributed by atoms with Gasteiger partial charge in [-0.2, -0.15) is 0 Å². The molecule has 0 aliphatic carbocycles. The molecule has 0 spiro atoms. The van der Waals surface area contributed by atoms with Crippen LogP contribution in [0.25, 0.3) is 0 Å². The van der Waals surface area contributed by atoms with Crippen molar-refractivity contribution in [3.8, 4) is 0 Å². The van der Waals surface area contributed by atoms with E-state index in [4.69, 9.17) is 9.47 Å². The first kappa shape index (κ1) is 17.8. The van der Waals surface area contributed by atoms with Gasteiger partial charge in [0.25, 0.3) is 0 Å². The summed E-state index contributed by atoms with van der Waals surface area (Å²) in [6, 6.07) is 0. The summed E-state index contributed by atoms with van der Waals surface area (Å²) in [7, 11) is 1.62. The normalized spacial score (nSPS) is 15.7. The molecule has 0 saturated carbocycles. The number of ether oxygens (including phenoxy) is 2. The van der Waals surface area contributed by atoms with Crippen molar-refractivity contribution < 1.29 is 19.7 Å². The number of hydrogen-bond donors (Lipinski definition) is 3. The van der Waals surface area contributed by atoms with Crippen LogP contribution in [0.1, 0.15) is 33.6 Å². The van der Waals surface area contributed by atoms with Gasteiger partial charge in [-0.3, -0.25) is 0 Å². The van der Waals surface area contributed by atoms with Gasteiger partial charge < -0.3 is 25.0 Å². The van der Waals surface area contributed by atoms with Gasteiger partial charge in [0.15, 0.2) is 0 Å². The van der Waals surface area contributed by atoms with Crippen molar-refractivity contribution >= 4 is 0 Å². The quantitative estimate of drug-likeness (QED) is 0.507. The highest BCUT2D eigenvalue weighted by atomic mass is 16.5. The molecule has 0 bridgehead atoms. The molecule has 0 aliphatic heterocycles. The third kappa shape index (κ3) is 6.66. The van der Waals surface area contributed by atoms with E-state index in [0.717, 1.165) is 12.8 Å². The van der Waals surface area contributed by atoms with Crippen LogP contribution in [0.3, 0.4) is 0 Å². The Morgan fingerprint density at radius 1 is 1.22 bits per heavy atom.